The van der Waals surface area contributed by atoms with Crippen LogP contribution < -0.4 is 4.74 Å². The van der Waals surface area contributed by atoms with E-state index < -0.39 is 18.0 Å². The van der Waals surface area contributed by atoms with Crippen LogP contribution in [0.3, 0.4) is 0 Å². The van der Waals surface area contributed by atoms with Gasteiger partial charge in [-0.2, -0.15) is 0 Å². The average molecular weight is 354 g/mol. The van der Waals surface area contributed by atoms with E-state index in [-0.39, 0.29) is 0 Å². The van der Waals surface area contributed by atoms with Gasteiger partial charge in [-0.3, -0.25) is 4.90 Å². The second kappa shape index (κ2) is 11.4. The van der Waals surface area contributed by atoms with E-state index in [9.17, 15) is 5.11 Å². The number of carboxylic acid groups (broad SMARTS) is 2. The Labute approximate surface area is 147 Å². The summed E-state index contributed by atoms with van der Waals surface area (Å²) in [4.78, 5) is 22.9. The Morgan fingerprint density at radius 3 is 2.04 bits per heavy atom. The summed E-state index contributed by atoms with van der Waals surface area (Å²) in [5.74, 6) is -2.83. The standard InChI is InChI=1S/C15H24N2O2.C2H2O4/c1-2-16-8-10-17(11-9-16)12-14(18)13-19-15-6-4-3-5-7-15;3-1(4)2(5)6/h3-7,14,18H,2,8-13H2,1H3;(H,3,4)(H,5,6). The smallest absolute Gasteiger partial charge is 0.414 e. The van der Waals surface area contributed by atoms with E-state index in [4.69, 9.17) is 24.5 Å². The molecule has 8 nitrogen and oxygen atoms in total. The van der Waals surface area contributed by atoms with Gasteiger partial charge in [-0.05, 0) is 18.7 Å². The van der Waals surface area contributed by atoms with Crippen LogP contribution in [0.1, 0.15) is 6.92 Å². The van der Waals surface area contributed by atoms with Crippen LogP contribution in [0, 0.1) is 0 Å². The minimum Gasteiger partial charge on any atom is -0.491 e. The molecule has 3 N–H and O–H groups in total. The van der Waals surface area contributed by atoms with Crippen molar-refractivity contribution in [2.45, 2.75) is 13.0 Å². The first-order chi connectivity index (χ1) is 11.9. The van der Waals surface area contributed by atoms with Gasteiger partial charge < -0.3 is 25.0 Å². The predicted octanol–water partition coefficient (Wildman–Crippen LogP) is 0.219. The summed E-state index contributed by atoms with van der Waals surface area (Å²) in [5.41, 5.74) is 0. The van der Waals surface area contributed by atoms with E-state index in [1.165, 1.54) is 0 Å². The Bertz CT molecular complexity index is 505. The second-order valence-electron chi connectivity index (χ2n) is 5.62. The molecule has 0 radical (unpaired) electrons. The summed E-state index contributed by atoms with van der Waals surface area (Å²) in [6.07, 6.45) is -0.423. The van der Waals surface area contributed by atoms with Gasteiger partial charge in [0.25, 0.3) is 0 Å². The number of ether oxygens (including phenoxy) is 1. The fourth-order valence-electron chi connectivity index (χ4n) is 2.35. The minimum atomic E-state index is -1.82. The Kier molecular flexibility index (Phi) is 9.53. The first kappa shape index (κ1) is 20.9. The number of benzene rings is 1. The molecule has 8 heteroatoms. The summed E-state index contributed by atoms with van der Waals surface area (Å²) >= 11 is 0. The molecule has 0 spiro atoms. The van der Waals surface area contributed by atoms with Crippen molar-refractivity contribution in [2.75, 3.05) is 45.9 Å². The summed E-state index contributed by atoms with van der Waals surface area (Å²) in [6, 6.07) is 9.65. The number of nitrogens with zero attached hydrogens (tertiary/aromatic N) is 2. The lowest BCUT2D eigenvalue weighted by molar-refractivity contribution is -0.159. The van der Waals surface area contributed by atoms with Gasteiger partial charge >= 0.3 is 11.9 Å². The molecule has 0 bridgehead atoms. The van der Waals surface area contributed by atoms with Crippen LogP contribution >= 0.6 is 0 Å². The van der Waals surface area contributed by atoms with Crippen LogP contribution in [0.25, 0.3) is 0 Å². The lowest BCUT2D eigenvalue weighted by atomic mass is 10.2. The number of aliphatic carboxylic acids is 2. The molecular weight excluding hydrogens is 328 g/mol. The summed E-state index contributed by atoms with van der Waals surface area (Å²) in [5, 5.41) is 24.8. The highest BCUT2D eigenvalue weighted by Gasteiger charge is 2.18. The molecule has 1 heterocycles. The zero-order chi connectivity index (χ0) is 18.7. The number of β-amino-alcohol motifs (C(OH)–C–C–N with tert-alkyl or cyclic N) is 1. The summed E-state index contributed by atoms with van der Waals surface area (Å²) in [6.45, 7) is 8.64. The van der Waals surface area contributed by atoms with Crippen molar-refractivity contribution in [2.24, 2.45) is 0 Å². The number of likely N-dealkylation sites (N-methyl/N-ethyl adjacent to an activating group) is 1. The highest BCUT2D eigenvalue weighted by atomic mass is 16.5. The van der Waals surface area contributed by atoms with Crippen molar-refractivity contribution >= 4 is 11.9 Å². The molecular formula is C17H26N2O6. The molecule has 0 amide bonds. The van der Waals surface area contributed by atoms with Gasteiger partial charge in [0.15, 0.2) is 0 Å². The van der Waals surface area contributed by atoms with Crippen LogP contribution in [0.15, 0.2) is 30.3 Å². The lowest BCUT2D eigenvalue weighted by Gasteiger charge is -2.34. The van der Waals surface area contributed by atoms with E-state index in [0.717, 1.165) is 38.5 Å². The molecule has 25 heavy (non-hydrogen) atoms. The number of piperazine rings is 1. The highest BCUT2D eigenvalue weighted by Crippen LogP contribution is 2.09. The highest BCUT2D eigenvalue weighted by molar-refractivity contribution is 6.27. The number of aliphatic hydroxyl groups excluding tert-OH is 1. The van der Waals surface area contributed by atoms with Gasteiger partial charge in [0.05, 0.1) is 0 Å². The molecule has 1 aliphatic heterocycles. The van der Waals surface area contributed by atoms with E-state index in [2.05, 4.69) is 16.7 Å². The largest absolute Gasteiger partial charge is 0.491 e. The van der Waals surface area contributed by atoms with E-state index >= 15 is 0 Å². The fourth-order valence-corrected chi connectivity index (χ4v) is 2.35. The monoisotopic (exact) mass is 354 g/mol. The zero-order valence-corrected chi connectivity index (χ0v) is 14.4. The first-order valence-electron chi connectivity index (χ1n) is 8.19. The maximum Gasteiger partial charge on any atom is 0.414 e. The zero-order valence-electron chi connectivity index (χ0n) is 14.4. The van der Waals surface area contributed by atoms with Gasteiger partial charge in [0.1, 0.15) is 18.5 Å². The van der Waals surface area contributed by atoms with Crippen LogP contribution in [0.2, 0.25) is 0 Å². The molecule has 140 valence electrons. The summed E-state index contributed by atoms with van der Waals surface area (Å²) < 4.78 is 5.56. The Morgan fingerprint density at radius 1 is 1.04 bits per heavy atom. The van der Waals surface area contributed by atoms with Crippen LogP contribution in [-0.2, 0) is 9.59 Å². The maximum atomic E-state index is 10.0. The molecule has 1 fully saturated rings. The van der Waals surface area contributed by atoms with Gasteiger partial charge in [-0.15, -0.1) is 0 Å². The van der Waals surface area contributed by atoms with Crippen LogP contribution in [0.4, 0.5) is 0 Å². The SMILES string of the molecule is CCN1CCN(CC(O)COc2ccccc2)CC1.O=C(O)C(=O)O. The van der Waals surface area contributed by atoms with E-state index in [1.807, 2.05) is 30.3 Å². The topological polar surface area (TPSA) is 111 Å². The lowest BCUT2D eigenvalue weighted by Crippen LogP contribution is -2.49. The third kappa shape index (κ3) is 9.04. The van der Waals surface area contributed by atoms with Crippen molar-refractivity contribution in [3.63, 3.8) is 0 Å². The van der Waals surface area contributed by atoms with Gasteiger partial charge in [0.2, 0.25) is 0 Å². The van der Waals surface area contributed by atoms with Crippen molar-refractivity contribution in [3.05, 3.63) is 30.3 Å². The van der Waals surface area contributed by atoms with Crippen molar-refractivity contribution < 1.29 is 29.6 Å². The maximum absolute atomic E-state index is 10.0. The van der Waals surface area contributed by atoms with Gasteiger partial charge in [-0.25, -0.2) is 9.59 Å². The molecule has 0 saturated carbocycles. The molecule has 1 atom stereocenters. The normalized spacial score (nSPS) is 16.4. The van der Waals surface area contributed by atoms with Gasteiger partial charge in [0, 0.05) is 32.7 Å². The second-order valence-corrected chi connectivity index (χ2v) is 5.62. The van der Waals surface area contributed by atoms with Crippen molar-refractivity contribution in [1.29, 1.82) is 0 Å². The number of hydrogen-bond donors (Lipinski definition) is 3. The quantitative estimate of drug-likeness (QED) is 0.622. The summed E-state index contributed by atoms with van der Waals surface area (Å²) in [7, 11) is 0. The van der Waals surface area contributed by atoms with E-state index in [1.54, 1.807) is 0 Å². The predicted molar refractivity (Wildman–Crippen MR) is 91.8 cm³/mol. The number of para-hydroxylation sites is 1. The van der Waals surface area contributed by atoms with Crippen LogP contribution in [0.5, 0.6) is 5.75 Å². The fraction of sp³-hybridized carbons (Fsp3) is 0.529. The molecule has 0 aliphatic carbocycles. The Hall–Kier alpha value is -2.16. The number of carboxylic acids is 2. The molecule has 2 rings (SSSR count). The minimum absolute atomic E-state index is 0.359. The van der Waals surface area contributed by atoms with Crippen LogP contribution in [-0.4, -0.2) is 89.0 Å². The van der Waals surface area contributed by atoms with E-state index in [0.29, 0.717) is 13.2 Å². The number of rotatable bonds is 6. The molecule has 1 unspecified atom stereocenters. The third-order valence-corrected chi connectivity index (χ3v) is 3.75. The molecule has 1 aromatic carbocycles. The third-order valence-electron chi connectivity index (χ3n) is 3.75. The number of hydrogen-bond acceptors (Lipinski definition) is 6. The molecule has 1 aliphatic rings. The number of carbonyl (C=O) groups is 2. The number of aliphatic hydroxyl groups is 1. The Morgan fingerprint density at radius 2 is 1.56 bits per heavy atom. The first-order valence-corrected chi connectivity index (χ1v) is 8.19. The molecule has 1 saturated heterocycles. The van der Waals surface area contributed by atoms with Crippen molar-refractivity contribution in [3.8, 4) is 5.75 Å². The molecule has 1 aromatic rings. The Balaban J connectivity index is 0.000000450. The average Bonchev–Trinajstić information content (AvgIpc) is 2.62. The van der Waals surface area contributed by atoms with Gasteiger partial charge in [-0.1, -0.05) is 25.1 Å². The molecule has 0 aromatic heterocycles. The van der Waals surface area contributed by atoms with Crippen molar-refractivity contribution in [1.82, 2.24) is 9.80 Å².